The van der Waals surface area contributed by atoms with Gasteiger partial charge in [-0.15, -0.1) is 11.3 Å². The fourth-order valence-corrected chi connectivity index (χ4v) is 8.09. The highest BCUT2D eigenvalue weighted by Gasteiger charge is 2.49. The van der Waals surface area contributed by atoms with E-state index >= 15 is 0 Å². The van der Waals surface area contributed by atoms with Crippen molar-refractivity contribution in [3.63, 3.8) is 0 Å². The predicted octanol–water partition coefficient (Wildman–Crippen LogP) is 6.21. The van der Waals surface area contributed by atoms with Crippen molar-refractivity contribution in [3.8, 4) is 10.4 Å². The monoisotopic (exact) mass is 584 g/mol. The Bertz CT molecular complexity index is 1530. The summed E-state index contributed by atoms with van der Waals surface area (Å²) in [5, 5.41) is 5.61. The molecular weight excluding hydrogens is 548 g/mol. The van der Waals surface area contributed by atoms with Gasteiger partial charge in [-0.2, -0.15) is 0 Å². The van der Waals surface area contributed by atoms with E-state index in [9.17, 15) is 13.2 Å². The van der Waals surface area contributed by atoms with Crippen LogP contribution in [0, 0.1) is 13.8 Å². The fourth-order valence-electron chi connectivity index (χ4n) is 5.52. The van der Waals surface area contributed by atoms with Crippen molar-refractivity contribution < 1.29 is 22.5 Å². The maximum absolute atomic E-state index is 13.6. The van der Waals surface area contributed by atoms with Crippen LogP contribution in [0.2, 0.25) is 0 Å². The summed E-state index contributed by atoms with van der Waals surface area (Å²) >= 11 is 1.35. The molecule has 1 amide bonds. The molecule has 1 fully saturated rings. The van der Waals surface area contributed by atoms with Gasteiger partial charge in [-0.25, -0.2) is 8.42 Å². The number of anilines is 1. The van der Waals surface area contributed by atoms with E-state index in [1.165, 1.54) is 11.3 Å². The molecule has 1 aromatic carbocycles. The van der Waals surface area contributed by atoms with Crippen molar-refractivity contribution in [2.24, 2.45) is 4.99 Å². The zero-order chi connectivity index (χ0) is 28.5. The Balaban J connectivity index is 1.45. The van der Waals surface area contributed by atoms with Gasteiger partial charge in [0, 0.05) is 19.1 Å². The molecule has 1 N–H and O–H groups in total. The van der Waals surface area contributed by atoms with Crippen LogP contribution in [0.5, 0.6) is 0 Å². The van der Waals surface area contributed by atoms with Gasteiger partial charge in [-0.3, -0.25) is 19.4 Å². The van der Waals surface area contributed by atoms with E-state index in [4.69, 9.17) is 14.3 Å². The molecule has 2 aromatic heterocycles. The summed E-state index contributed by atoms with van der Waals surface area (Å²) in [5.74, 6) is 1.74. The molecule has 214 valence electrons. The zero-order valence-corrected chi connectivity index (χ0v) is 25.1. The molecule has 0 radical (unpaired) electrons. The first-order valence-electron chi connectivity index (χ1n) is 13.7. The Morgan fingerprint density at radius 1 is 1.20 bits per heavy atom. The van der Waals surface area contributed by atoms with Crippen LogP contribution in [-0.4, -0.2) is 42.9 Å². The minimum absolute atomic E-state index is 0.115. The predicted molar refractivity (Wildman–Crippen MR) is 156 cm³/mol. The van der Waals surface area contributed by atoms with Crippen LogP contribution in [-0.2, 0) is 32.7 Å². The molecule has 0 atom stereocenters. The first kappa shape index (κ1) is 28.5. The molecule has 1 aliphatic heterocycles. The van der Waals surface area contributed by atoms with E-state index in [2.05, 4.69) is 16.8 Å². The third-order valence-corrected chi connectivity index (χ3v) is 10.3. The molecule has 1 saturated carbocycles. The molecule has 3 aromatic rings. The van der Waals surface area contributed by atoms with E-state index in [0.29, 0.717) is 29.4 Å². The summed E-state index contributed by atoms with van der Waals surface area (Å²) in [6.07, 6.45) is 6.54. The number of ether oxygens (including phenoxy) is 1. The molecule has 1 spiro atoms. The number of nitrogens with zero attached hydrogens (tertiary/aromatic N) is 3. The SMILES string of the molecule is CCCCC1=NC2(CCCC2)C(=O)N1Cc1ccc(-c2sccc2S(=O)(=O)Nc2noc(C)c2C)c(COC)c1. The molecule has 40 heavy (non-hydrogen) atoms. The molecule has 0 unspecified atom stereocenters. The quantitative estimate of drug-likeness (QED) is 0.287. The number of unbranched alkanes of at least 4 members (excludes halogenated alkanes) is 1. The topological polar surface area (TPSA) is 114 Å². The zero-order valence-electron chi connectivity index (χ0n) is 23.5. The lowest BCUT2D eigenvalue weighted by atomic mass is 9.97. The summed E-state index contributed by atoms with van der Waals surface area (Å²) in [6.45, 7) is 6.36. The summed E-state index contributed by atoms with van der Waals surface area (Å²) in [6, 6.07) is 7.50. The first-order chi connectivity index (χ1) is 19.2. The average Bonchev–Trinajstić information content (AvgIpc) is 3.72. The number of thiophene rings is 1. The van der Waals surface area contributed by atoms with Gasteiger partial charge in [-0.05, 0) is 61.2 Å². The summed E-state index contributed by atoms with van der Waals surface area (Å²) in [4.78, 5) is 21.2. The Kier molecular flexibility index (Phi) is 8.17. The van der Waals surface area contributed by atoms with Crippen molar-refractivity contribution in [2.75, 3.05) is 11.8 Å². The van der Waals surface area contributed by atoms with Gasteiger partial charge in [0.25, 0.3) is 15.9 Å². The number of hydrogen-bond donors (Lipinski definition) is 1. The van der Waals surface area contributed by atoms with Crippen LogP contribution in [0.1, 0.15) is 74.3 Å². The summed E-state index contributed by atoms with van der Waals surface area (Å²) in [7, 11) is -2.31. The molecule has 2 aliphatic rings. The number of aromatic nitrogens is 1. The second kappa shape index (κ2) is 11.5. The Morgan fingerprint density at radius 2 is 1.98 bits per heavy atom. The van der Waals surface area contributed by atoms with Gasteiger partial charge in [0.05, 0.1) is 18.0 Å². The number of methoxy groups -OCH3 is 1. The second-order valence-electron chi connectivity index (χ2n) is 10.6. The molecular formula is C29H36N4O5S2. The smallest absolute Gasteiger partial charge is 0.264 e. The van der Waals surface area contributed by atoms with Crippen LogP contribution < -0.4 is 4.72 Å². The normalized spacial score (nSPS) is 16.8. The number of carbonyl (C=O) groups is 1. The Morgan fingerprint density at radius 3 is 2.65 bits per heavy atom. The number of hydrogen-bond acceptors (Lipinski definition) is 8. The summed E-state index contributed by atoms with van der Waals surface area (Å²) < 4.78 is 40.0. The molecule has 9 nitrogen and oxygen atoms in total. The van der Waals surface area contributed by atoms with Gasteiger partial charge < -0.3 is 9.26 Å². The molecule has 11 heteroatoms. The minimum atomic E-state index is -3.93. The largest absolute Gasteiger partial charge is 0.380 e. The maximum Gasteiger partial charge on any atom is 0.264 e. The lowest BCUT2D eigenvalue weighted by Crippen LogP contribution is -2.40. The number of amidine groups is 1. The number of amides is 1. The van der Waals surface area contributed by atoms with Gasteiger partial charge in [0.15, 0.2) is 5.82 Å². The number of aliphatic imine (C=N–C) groups is 1. The average molecular weight is 585 g/mol. The van der Waals surface area contributed by atoms with Gasteiger partial charge in [0.2, 0.25) is 0 Å². The molecule has 0 saturated heterocycles. The highest BCUT2D eigenvalue weighted by molar-refractivity contribution is 7.93. The summed E-state index contributed by atoms with van der Waals surface area (Å²) in [5.41, 5.74) is 2.64. The number of carbonyl (C=O) groups excluding carboxylic acids is 1. The van der Waals surface area contributed by atoms with Crippen LogP contribution in [0.3, 0.4) is 0 Å². The Labute approximate surface area is 239 Å². The minimum Gasteiger partial charge on any atom is -0.380 e. The van der Waals surface area contributed by atoms with Crippen molar-refractivity contribution in [2.45, 2.75) is 89.3 Å². The number of aryl methyl sites for hydroxylation is 1. The molecule has 0 bridgehead atoms. The first-order valence-corrected chi connectivity index (χ1v) is 16.1. The van der Waals surface area contributed by atoms with E-state index in [-0.39, 0.29) is 16.6 Å². The van der Waals surface area contributed by atoms with E-state index < -0.39 is 15.6 Å². The van der Waals surface area contributed by atoms with Crippen molar-refractivity contribution >= 4 is 38.9 Å². The lowest BCUT2D eigenvalue weighted by Gasteiger charge is -2.23. The highest BCUT2D eigenvalue weighted by Crippen LogP contribution is 2.41. The van der Waals surface area contributed by atoms with Crippen LogP contribution in [0.15, 0.2) is 44.1 Å². The van der Waals surface area contributed by atoms with Crippen molar-refractivity contribution in [1.29, 1.82) is 0 Å². The van der Waals surface area contributed by atoms with E-state index in [1.54, 1.807) is 32.4 Å². The third kappa shape index (κ3) is 5.34. The van der Waals surface area contributed by atoms with E-state index in [0.717, 1.165) is 67.5 Å². The number of benzene rings is 1. The van der Waals surface area contributed by atoms with Crippen LogP contribution >= 0.6 is 11.3 Å². The number of sulfonamides is 1. The maximum atomic E-state index is 13.6. The number of rotatable bonds is 11. The third-order valence-electron chi connectivity index (χ3n) is 7.84. The highest BCUT2D eigenvalue weighted by atomic mass is 32.2. The molecule has 3 heterocycles. The van der Waals surface area contributed by atoms with Gasteiger partial charge in [0.1, 0.15) is 22.0 Å². The van der Waals surface area contributed by atoms with Crippen molar-refractivity contribution in [3.05, 3.63) is 52.1 Å². The fraction of sp³-hybridized carbons (Fsp3) is 0.483. The Hall–Kier alpha value is -3.02. The van der Waals surface area contributed by atoms with Crippen molar-refractivity contribution in [1.82, 2.24) is 10.1 Å². The van der Waals surface area contributed by atoms with Gasteiger partial charge in [-0.1, -0.05) is 49.5 Å². The lowest BCUT2D eigenvalue weighted by molar-refractivity contribution is -0.131. The molecule has 1 aliphatic carbocycles. The van der Waals surface area contributed by atoms with Crippen LogP contribution in [0.25, 0.3) is 10.4 Å². The van der Waals surface area contributed by atoms with E-state index in [1.807, 2.05) is 23.1 Å². The number of nitrogens with one attached hydrogen (secondary N) is 1. The second-order valence-corrected chi connectivity index (χ2v) is 13.2. The van der Waals surface area contributed by atoms with Crippen LogP contribution in [0.4, 0.5) is 5.82 Å². The standard InChI is InChI=1S/C29H36N4O5S2/c1-5-6-9-25-30-29(13-7-8-14-29)28(34)33(25)17-21-10-11-23(22(16-21)18-37-4)26-24(12-15-39-26)40(35,36)32-27-19(2)20(3)38-31-27/h10-12,15-16H,5-9,13-14,17-18H2,1-4H3,(H,31,32). The van der Waals surface area contributed by atoms with Gasteiger partial charge >= 0.3 is 0 Å². The molecule has 5 rings (SSSR count).